The highest BCUT2D eigenvalue weighted by Gasteiger charge is 2.28. The summed E-state index contributed by atoms with van der Waals surface area (Å²) < 4.78 is 4.90. The average Bonchev–Trinajstić information content (AvgIpc) is 2.86. The van der Waals surface area contributed by atoms with Crippen molar-refractivity contribution >= 4 is 30.0 Å². The van der Waals surface area contributed by atoms with E-state index in [0.29, 0.717) is 30.8 Å². The molecule has 3 N–H and O–H groups in total. The molecular weight excluding hydrogens is 296 g/mol. The first kappa shape index (κ1) is 17.4. The lowest BCUT2D eigenvalue weighted by molar-refractivity contribution is -0.117. The molecule has 1 aromatic rings. The van der Waals surface area contributed by atoms with E-state index in [1.807, 2.05) is 0 Å². The second kappa shape index (κ2) is 7.97. The van der Waals surface area contributed by atoms with Crippen molar-refractivity contribution in [3.05, 3.63) is 29.8 Å². The van der Waals surface area contributed by atoms with E-state index in [2.05, 4.69) is 10.6 Å². The molecule has 2 rings (SSSR count). The Morgan fingerprint density at radius 3 is 2.86 bits per heavy atom. The van der Waals surface area contributed by atoms with Gasteiger partial charge in [-0.05, 0) is 31.5 Å². The summed E-state index contributed by atoms with van der Waals surface area (Å²) >= 11 is 0. The summed E-state index contributed by atoms with van der Waals surface area (Å²) in [5.74, 6) is -0.638. The van der Waals surface area contributed by atoms with Crippen molar-refractivity contribution in [2.24, 2.45) is 0 Å². The summed E-state index contributed by atoms with van der Waals surface area (Å²) in [4.78, 5) is 23.6. The maximum atomic E-state index is 12.0. The van der Waals surface area contributed by atoms with Crippen LogP contribution in [0, 0.1) is 0 Å². The Bertz CT molecular complexity index is 510. The quantitative estimate of drug-likeness (QED) is 0.720. The number of hydrogen-bond acceptors (Lipinski definition) is 5. The average molecular weight is 315 g/mol. The molecule has 6 nitrogen and oxygen atoms in total. The maximum Gasteiger partial charge on any atom is 0.338 e. The molecule has 0 bridgehead atoms. The van der Waals surface area contributed by atoms with E-state index in [-0.39, 0.29) is 18.3 Å². The van der Waals surface area contributed by atoms with E-state index in [1.165, 1.54) is 0 Å². The van der Waals surface area contributed by atoms with Gasteiger partial charge in [0.25, 0.3) is 0 Å². The Balaban J connectivity index is 0.00000220. The van der Waals surface area contributed by atoms with Crippen LogP contribution < -0.4 is 10.6 Å². The normalized spacial score (nSPS) is 20.5. The van der Waals surface area contributed by atoms with Crippen LogP contribution in [0.25, 0.3) is 0 Å². The number of carbonyl (C=O) groups excluding carboxylic acids is 2. The van der Waals surface area contributed by atoms with Crippen molar-refractivity contribution in [1.29, 1.82) is 0 Å². The van der Waals surface area contributed by atoms with Crippen molar-refractivity contribution in [1.82, 2.24) is 5.32 Å². The largest absolute Gasteiger partial charge is 0.462 e. The monoisotopic (exact) mass is 314 g/mol. The van der Waals surface area contributed by atoms with Crippen LogP contribution in [0.4, 0.5) is 5.69 Å². The maximum absolute atomic E-state index is 12.0. The van der Waals surface area contributed by atoms with Gasteiger partial charge in [0.2, 0.25) is 5.91 Å². The van der Waals surface area contributed by atoms with Crippen LogP contribution in [0.1, 0.15) is 23.7 Å². The number of anilines is 1. The van der Waals surface area contributed by atoms with Crippen LogP contribution in [-0.2, 0) is 9.53 Å². The summed E-state index contributed by atoms with van der Waals surface area (Å²) in [7, 11) is 0. The minimum absolute atomic E-state index is 0. The van der Waals surface area contributed by atoms with Crippen LogP contribution >= 0.6 is 12.4 Å². The zero-order chi connectivity index (χ0) is 14.5. The van der Waals surface area contributed by atoms with Gasteiger partial charge in [0.05, 0.1) is 24.3 Å². The number of aliphatic hydroxyl groups is 1. The number of carbonyl (C=O) groups is 2. The summed E-state index contributed by atoms with van der Waals surface area (Å²) in [5, 5.41) is 15.0. The molecule has 1 aromatic carbocycles. The molecule has 1 saturated heterocycles. The number of hydrogen-bond donors (Lipinski definition) is 3. The second-order valence-corrected chi connectivity index (χ2v) is 4.64. The smallest absolute Gasteiger partial charge is 0.338 e. The highest BCUT2D eigenvalue weighted by atomic mass is 35.5. The molecule has 1 aliphatic heterocycles. The van der Waals surface area contributed by atoms with Crippen LogP contribution in [0.5, 0.6) is 0 Å². The molecule has 0 saturated carbocycles. The summed E-state index contributed by atoms with van der Waals surface area (Å²) in [5.41, 5.74) is 0.924. The third-order valence-corrected chi connectivity index (χ3v) is 3.07. The minimum Gasteiger partial charge on any atom is -0.462 e. The Kier molecular flexibility index (Phi) is 6.61. The first-order valence-corrected chi connectivity index (χ1v) is 6.59. The van der Waals surface area contributed by atoms with Gasteiger partial charge in [-0.25, -0.2) is 4.79 Å². The molecule has 0 aliphatic carbocycles. The molecule has 2 unspecified atom stereocenters. The van der Waals surface area contributed by atoms with Gasteiger partial charge in [-0.2, -0.15) is 0 Å². The zero-order valence-electron chi connectivity index (χ0n) is 11.7. The highest BCUT2D eigenvalue weighted by molar-refractivity contribution is 5.97. The topological polar surface area (TPSA) is 87.7 Å². The number of ether oxygens (including phenoxy) is 1. The summed E-state index contributed by atoms with van der Waals surface area (Å²) in [6.45, 7) is 2.46. The number of β-amino-alcohol motifs (C(OH)–C–C–N with tert-alkyl or cyclic N) is 1. The van der Waals surface area contributed by atoms with Gasteiger partial charge in [0, 0.05) is 12.2 Å². The lowest BCUT2D eigenvalue weighted by Crippen LogP contribution is -2.35. The van der Waals surface area contributed by atoms with Gasteiger partial charge >= 0.3 is 5.97 Å². The Hall–Kier alpha value is -1.63. The van der Waals surface area contributed by atoms with E-state index in [1.54, 1.807) is 31.2 Å². The minimum atomic E-state index is -0.489. The Labute approximate surface area is 129 Å². The second-order valence-electron chi connectivity index (χ2n) is 4.64. The molecule has 1 fully saturated rings. The van der Waals surface area contributed by atoms with E-state index in [9.17, 15) is 14.7 Å². The Morgan fingerprint density at radius 2 is 2.24 bits per heavy atom. The van der Waals surface area contributed by atoms with Crippen molar-refractivity contribution in [3.8, 4) is 0 Å². The van der Waals surface area contributed by atoms with Gasteiger partial charge in [-0.3, -0.25) is 4.79 Å². The van der Waals surface area contributed by atoms with Gasteiger partial charge in [0.15, 0.2) is 0 Å². The zero-order valence-corrected chi connectivity index (χ0v) is 12.5. The molecule has 1 heterocycles. The van der Waals surface area contributed by atoms with Gasteiger partial charge in [0.1, 0.15) is 0 Å². The van der Waals surface area contributed by atoms with Gasteiger partial charge in [-0.1, -0.05) is 6.07 Å². The molecular formula is C14H19ClN2O4. The molecule has 0 aromatic heterocycles. The number of nitrogens with one attached hydrogen (secondary N) is 2. The number of amides is 1. The van der Waals surface area contributed by atoms with Crippen molar-refractivity contribution < 1.29 is 19.4 Å². The fraction of sp³-hybridized carbons (Fsp3) is 0.429. The molecule has 2 atom stereocenters. The molecule has 1 amide bonds. The van der Waals surface area contributed by atoms with Gasteiger partial charge < -0.3 is 20.5 Å². The molecule has 0 radical (unpaired) electrons. The van der Waals surface area contributed by atoms with Crippen molar-refractivity contribution in [3.63, 3.8) is 0 Å². The predicted octanol–water partition coefficient (Wildman–Crippen LogP) is 0.946. The standard InChI is InChI=1S/C14H18N2O4.ClH/c1-2-20-14(19)9-4-3-5-10(6-9)16-13(18)12-7-11(17)8-15-12;/h3-6,11-12,15,17H,2,7-8H2,1H3,(H,16,18);1H. The summed E-state index contributed by atoms with van der Waals surface area (Å²) in [6.07, 6.45) is -0.0970. The molecule has 21 heavy (non-hydrogen) atoms. The van der Waals surface area contributed by atoms with Crippen molar-refractivity contribution in [2.75, 3.05) is 18.5 Å². The predicted molar refractivity (Wildman–Crippen MR) is 80.7 cm³/mol. The van der Waals surface area contributed by atoms with Crippen molar-refractivity contribution in [2.45, 2.75) is 25.5 Å². The number of halogens is 1. The first-order valence-electron chi connectivity index (χ1n) is 6.59. The Morgan fingerprint density at radius 1 is 1.48 bits per heavy atom. The van der Waals surface area contributed by atoms with Crippen LogP contribution in [-0.4, -0.2) is 42.3 Å². The SMILES string of the molecule is CCOC(=O)c1cccc(NC(=O)C2CC(O)CN2)c1.Cl. The third-order valence-electron chi connectivity index (χ3n) is 3.07. The number of aliphatic hydroxyl groups excluding tert-OH is 1. The molecule has 0 spiro atoms. The van der Waals surface area contributed by atoms with Gasteiger partial charge in [-0.15, -0.1) is 12.4 Å². The van der Waals surface area contributed by atoms with Crippen LogP contribution in [0.2, 0.25) is 0 Å². The fourth-order valence-corrected chi connectivity index (χ4v) is 2.08. The first-order chi connectivity index (χ1) is 9.60. The van der Waals surface area contributed by atoms with Crippen LogP contribution in [0.15, 0.2) is 24.3 Å². The number of esters is 1. The van der Waals surface area contributed by atoms with E-state index in [0.717, 1.165) is 0 Å². The molecule has 1 aliphatic rings. The summed E-state index contributed by atoms with van der Waals surface area (Å²) in [6, 6.07) is 6.17. The fourth-order valence-electron chi connectivity index (χ4n) is 2.08. The molecule has 116 valence electrons. The van der Waals surface area contributed by atoms with E-state index in [4.69, 9.17) is 4.74 Å². The van der Waals surface area contributed by atoms with E-state index < -0.39 is 18.1 Å². The lowest BCUT2D eigenvalue weighted by Gasteiger charge is -2.11. The highest BCUT2D eigenvalue weighted by Crippen LogP contribution is 2.14. The number of benzene rings is 1. The number of rotatable bonds is 4. The lowest BCUT2D eigenvalue weighted by atomic mass is 10.1. The third kappa shape index (κ3) is 4.70. The molecule has 7 heteroatoms. The van der Waals surface area contributed by atoms with Crippen LogP contribution in [0.3, 0.4) is 0 Å². The van der Waals surface area contributed by atoms with E-state index >= 15 is 0 Å².